The molecule has 1 aliphatic carbocycles. The molecule has 0 spiro atoms. The molecular formula is C34H44N10O2. The molecule has 0 saturated heterocycles. The Morgan fingerprint density at radius 3 is 2.59 bits per heavy atom. The van der Waals surface area contributed by atoms with Crippen molar-refractivity contribution >= 4 is 17.5 Å². The number of nitrogens with one attached hydrogen (secondary N) is 2. The number of amides is 2. The first-order valence-electron chi connectivity index (χ1n) is 15.9. The lowest BCUT2D eigenvalue weighted by molar-refractivity contribution is 0.171. The largest absolute Gasteiger partial charge is 0.484 e. The van der Waals surface area contributed by atoms with Crippen molar-refractivity contribution in [1.29, 1.82) is 0 Å². The second-order valence-corrected chi connectivity index (χ2v) is 13.6. The number of rotatable bonds is 9. The fraction of sp³-hybridized carbons (Fsp3) is 0.441. The minimum atomic E-state index is -0.292. The minimum absolute atomic E-state index is 0.145. The van der Waals surface area contributed by atoms with Crippen LogP contribution in [0.25, 0.3) is 11.3 Å². The first-order valence-corrected chi connectivity index (χ1v) is 15.9. The van der Waals surface area contributed by atoms with E-state index in [2.05, 4.69) is 77.6 Å². The summed E-state index contributed by atoms with van der Waals surface area (Å²) in [4.78, 5) is 15.7. The second-order valence-electron chi connectivity index (χ2n) is 13.6. The number of urea groups is 1. The quantitative estimate of drug-likeness (QED) is 0.211. The van der Waals surface area contributed by atoms with Crippen LogP contribution >= 0.6 is 0 Å². The molecule has 0 radical (unpaired) electrons. The summed E-state index contributed by atoms with van der Waals surface area (Å²) in [5.41, 5.74) is 4.37. The number of ether oxygens (including phenoxy) is 1. The summed E-state index contributed by atoms with van der Waals surface area (Å²) in [6.45, 7) is 12.1. The van der Waals surface area contributed by atoms with Crippen LogP contribution in [0.5, 0.6) is 5.75 Å². The van der Waals surface area contributed by atoms with E-state index in [1.807, 2.05) is 65.9 Å². The van der Waals surface area contributed by atoms with E-state index in [-0.39, 0.29) is 29.5 Å². The molecule has 6 rings (SSSR count). The van der Waals surface area contributed by atoms with Crippen LogP contribution in [0.2, 0.25) is 0 Å². The highest BCUT2D eigenvalue weighted by Crippen LogP contribution is 2.39. The minimum Gasteiger partial charge on any atom is -0.484 e. The highest BCUT2D eigenvalue weighted by Gasteiger charge is 2.30. The molecule has 1 aliphatic rings. The number of anilines is 1. The Balaban J connectivity index is 1.19. The topological polar surface area (TPSA) is 119 Å². The zero-order valence-electron chi connectivity index (χ0n) is 27.7. The second kappa shape index (κ2) is 12.6. The van der Waals surface area contributed by atoms with Gasteiger partial charge >= 0.3 is 6.03 Å². The molecule has 12 heteroatoms. The average molecular weight is 625 g/mol. The van der Waals surface area contributed by atoms with Crippen LogP contribution in [0, 0.1) is 0 Å². The van der Waals surface area contributed by atoms with Gasteiger partial charge < -0.3 is 15.0 Å². The smallest absolute Gasteiger partial charge is 0.320 e. The van der Waals surface area contributed by atoms with Crippen molar-refractivity contribution < 1.29 is 9.53 Å². The Hall–Kier alpha value is -4.71. The Labute approximate surface area is 269 Å². The van der Waals surface area contributed by atoms with Gasteiger partial charge in [0.2, 0.25) is 0 Å². The molecule has 2 amide bonds. The lowest BCUT2D eigenvalue weighted by Crippen LogP contribution is -2.36. The van der Waals surface area contributed by atoms with E-state index in [1.165, 1.54) is 0 Å². The lowest BCUT2D eigenvalue weighted by atomic mass is 9.85. The summed E-state index contributed by atoms with van der Waals surface area (Å²) in [6.07, 6.45) is 7.03. The Bertz CT molecular complexity index is 1830. The predicted molar refractivity (Wildman–Crippen MR) is 178 cm³/mol. The molecule has 4 heterocycles. The van der Waals surface area contributed by atoms with Gasteiger partial charge in [-0.1, -0.05) is 58.9 Å². The molecule has 0 saturated carbocycles. The number of carbonyl (C=O) groups is 1. The highest BCUT2D eigenvalue weighted by molar-refractivity contribution is 5.89. The molecule has 0 bridgehead atoms. The number of aromatic nitrogens is 7. The first kappa shape index (κ1) is 31.3. The summed E-state index contributed by atoms with van der Waals surface area (Å²) < 4.78 is 12.2. The fourth-order valence-corrected chi connectivity index (χ4v) is 5.77. The molecule has 5 aromatic rings. The molecule has 0 fully saturated rings. The van der Waals surface area contributed by atoms with Gasteiger partial charge in [-0.2, -0.15) is 10.2 Å². The summed E-state index contributed by atoms with van der Waals surface area (Å²) >= 11 is 0. The van der Waals surface area contributed by atoms with Crippen molar-refractivity contribution in [1.82, 2.24) is 44.4 Å². The third-order valence-corrected chi connectivity index (χ3v) is 8.30. The van der Waals surface area contributed by atoms with E-state index in [9.17, 15) is 4.79 Å². The van der Waals surface area contributed by atoms with Gasteiger partial charge in [0.1, 0.15) is 29.2 Å². The summed E-state index contributed by atoms with van der Waals surface area (Å²) in [5, 5.41) is 24.3. The monoisotopic (exact) mass is 624 g/mol. The molecule has 2 atom stereocenters. The molecule has 12 nitrogen and oxygen atoms in total. The van der Waals surface area contributed by atoms with Crippen LogP contribution < -0.4 is 15.4 Å². The highest BCUT2D eigenvalue weighted by atomic mass is 16.5. The first-order chi connectivity index (χ1) is 22.0. The van der Waals surface area contributed by atoms with Gasteiger partial charge in [-0.05, 0) is 50.2 Å². The van der Waals surface area contributed by atoms with Gasteiger partial charge in [0, 0.05) is 23.9 Å². The van der Waals surface area contributed by atoms with Crippen molar-refractivity contribution in [2.45, 2.75) is 77.5 Å². The molecular weight excluding hydrogens is 580 g/mol. The molecule has 242 valence electrons. The average Bonchev–Trinajstić information content (AvgIpc) is 3.75. The maximum absolute atomic E-state index is 13.5. The van der Waals surface area contributed by atoms with Gasteiger partial charge in [0.15, 0.2) is 5.65 Å². The Morgan fingerprint density at radius 1 is 1.07 bits per heavy atom. The number of carbonyl (C=O) groups excluding carboxylic acids is 1. The van der Waals surface area contributed by atoms with Crippen LogP contribution in [-0.4, -0.2) is 65.7 Å². The summed E-state index contributed by atoms with van der Waals surface area (Å²) in [5.74, 6) is 2.48. The van der Waals surface area contributed by atoms with Gasteiger partial charge in [-0.15, -0.1) is 10.2 Å². The standard InChI is InChI=1S/C34H44N10O2/c1-22(2)32-39-38-30-15-12-24(21-43(30)32)46-28-14-13-27(25-10-8-9-11-26(25)28)36-33(45)37-31-18-29(34(3,4)5)40-44(31)23-19-35-42(20-23)17-16-41(6)7/h8-12,15,18-22,27-28H,13-14,16-17H2,1-7H3,(H2,36,37,45)/t27-,28+/m0/s1. The maximum Gasteiger partial charge on any atom is 0.320 e. The van der Waals surface area contributed by atoms with E-state index in [4.69, 9.17) is 9.84 Å². The van der Waals surface area contributed by atoms with Crippen LogP contribution in [0.15, 0.2) is 61.1 Å². The van der Waals surface area contributed by atoms with E-state index in [0.717, 1.165) is 65.7 Å². The number of hydrogen-bond acceptors (Lipinski definition) is 7. The van der Waals surface area contributed by atoms with Crippen LogP contribution in [0.4, 0.5) is 10.6 Å². The number of nitrogens with zero attached hydrogens (tertiary/aromatic N) is 8. The number of fused-ring (bicyclic) bond motifs is 2. The summed E-state index contributed by atoms with van der Waals surface area (Å²) in [7, 11) is 4.07. The normalized spacial score (nSPS) is 16.6. The van der Waals surface area contributed by atoms with Gasteiger partial charge in [0.25, 0.3) is 0 Å². The third kappa shape index (κ3) is 6.62. The summed E-state index contributed by atoms with van der Waals surface area (Å²) in [6, 6.07) is 13.5. The molecule has 1 aromatic carbocycles. The van der Waals surface area contributed by atoms with E-state index < -0.39 is 0 Å². The maximum atomic E-state index is 13.5. The van der Waals surface area contributed by atoms with Crippen molar-refractivity contribution in [3.8, 4) is 11.4 Å². The van der Waals surface area contributed by atoms with E-state index >= 15 is 0 Å². The fourth-order valence-electron chi connectivity index (χ4n) is 5.77. The van der Waals surface area contributed by atoms with Crippen LogP contribution in [0.3, 0.4) is 0 Å². The van der Waals surface area contributed by atoms with Crippen molar-refractivity contribution in [3.05, 3.63) is 83.7 Å². The van der Waals surface area contributed by atoms with E-state index in [1.54, 1.807) is 10.9 Å². The number of benzene rings is 1. The molecule has 4 aromatic heterocycles. The SMILES string of the molecule is CC(C)c1nnc2ccc(O[C@@H]3CC[C@H](NC(=O)Nc4cc(C(C)(C)C)nn4-c4cnn(CCN(C)C)c4)c4ccccc43)cn12. The van der Waals surface area contributed by atoms with Crippen molar-refractivity contribution in [2.75, 3.05) is 26.0 Å². The predicted octanol–water partition coefficient (Wildman–Crippen LogP) is 5.87. The van der Waals surface area contributed by atoms with E-state index in [0.29, 0.717) is 5.82 Å². The van der Waals surface area contributed by atoms with Crippen LogP contribution in [-0.2, 0) is 12.0 Å². The Morgan fingerprint density at radius 2 is 1.85 bits per heavy atom. The number of likely N-dealkylation sites (N-methyl/N-ethyl adjacent to an activating group) is 1. The van der Waals surface area contributed by atoms with Crippen molar-refractivity contribution in [2.24, 2.45) is 0 Å². The molecule has 46 heavy (non-hydrogen) atoms. The zero-order chi connectivity index (χ0) is 32.6. The lowest BCUT2D eigenvalue weighted by Gasteiger charge is -2.32. The number of pyridine rings is 1. The third-order valence-electron chi connectivity index (χ3n) is 8.30. The zero-order valence-corrected chi connectivity index (χ0v) is 27.7. The van der Waals surface area contributed by atoms with Crippen molar-refractivity contribution in [3.63, 3.8) is 0 Å². The van der Waals surface area contributed by atoms with Crippen LogP contribution in [0.1, 0.15) is 88.2 Å². The molecule has 0 unspecified atom stereocenters. The Kier molecular flexibility index (Phi) is 8.56. The van der Waals surface area contributed by atoms with Gasteiger partial charge in [-0.3, -0.25) is 14.4 Å². The number of hydrogen-bond donors (Lipinski definition) is 2. The van der Waals surface area contributed by atoms with Gasteiger partial charge in [-0.25, -0.2) is 9.48 Å². The molecule has 2 N–H and O–H groups in total. The molecule has 0 aliphatic heterocycles. The van der Waals surface area contributed by atoms with Gasteiger partial charge in [0.05, 0.1) is 36.9 Å².